The van der Waals surface area contributed by atoms with E-state index in [1.54, 1.807) is 13.0 Å². The van der Waals surface area contributed by atoms with E-state index < -0.39 is 6.10 Å². The minimum absolute atomic E-state index is 0.0927. The summed E-state index contributed by atoms with van der Waals surface area (Å²) in [5, 5.41) is 2.89. The normalized spacial score (nSPS) is 15.1. The van der Waals surface area contributed by atoms with Gasteiger partial charge in [0.1, 0.15) is 5.75 Å². The average molecular weight is 303 g/mol. The molecule has 120 valence electrons. The van der Waals surface area contributed by atoms with Crippen LogP contribution < -0.4 is 10.1 Å². The number of aryl methyl sites for hydroxylation is 1. The number of carbonyl (C=O) groups excluding carboxylic acids is 2. The van der Waals surface area contributed by atoms with Gasteiger partial charge in [-0.15, -0.1) is 0 Å². The van der Waals surface area contributed by atoms with E-state index in [0.717, 1.165) is 43.2 Å². The highest BCUT2D eigenvalue weighted by Gasteiger charge is 2.19. The topological polar surface area (TPSA) is 55.4 Å². The van der Waals surface area contributed by atoms with Gasteiger partial charge in [0.05, 0.1) is 0 Å². The summed E-state index contributed by atoms with van der Waals surface area (Å²) < 4.78 is 5.71. The number of ketones is 1. The fourth-order valence-electron chi connectivity index (χ4n) is 2.68. The lowest BCUT2D eigenvalue weighted by atomic mass is 9.90. The standard InChI is InChI=1S/C18H25NO3/c1-3-4-5-11-19-18(21)13(2)22-15-9-10-16-14(12-15)7-6-8-17(16)20/h9-10,12-13H,3-8,11H2,1-2H3,(H,19,21). The van der Waals surface area contributed by atoms with Crippen LogP contribution in [0.25, 0.3) is 0 Å². The van der Waals surface area contributed by atoms with E-state index in [4.69, 9.17) is 4.74 Å². The van der Waals surface area contributed by atoms with Crippen LogP contribution in [-0.2, 0) is 11.2 Å². The summed E-state index contributed by atoms with van der Waals surface area (Å²) >= 11 is 0. The number of ether oxygens (including phenoxy) is 1. The first-order chi connectivity index (χ1) is 10.6. The molecule has 0 spiro atoms. The molecule has 0 saturated carbocycles. The van der Waals surface area contributed by atoms with E-state index in [2.05, 4.69) is 12.2 Å². The third-order valence-corrected chi connectivity index (χ3v) is 3.99. The Bertz CT molecular complexity index is 539. The SMILES string of the molecule is CCCCCNC(=O)C(C)Oc1ccc2c(c1)CCCC2=O. The molecule has 2 rings (SSSR count). The number of fused-ring (bicyclic) bond motifs is 1. The van der Waals surface area contributed by atoms with E-state index in [9.17, 15) is 9.59 Å². The van der Waals surface area contributed by atoms with Crippen molar-refractivity contribution in [3.05, 3.63) is 29.3 Å². The molecule has 1 aliphatic carbocycles. The van der Waals surface area contributed by atoms with Crippen molar-refractivity contribution < 1.29 is 14.3 Å². The molecule has 0 saturated heterocycles. The molecule has 4 heteroatoms. The molecule has 0 fully saturated rings. The number of amides is 1. The van der Waals surface area contributed by atoms with Gasteiger partial charge in [0.2, 0.25) is 0 Å². The summed E-state index contributed by atoms with van der Waals surface area (Å²) in [5.41, 5.74) is 1.83. The number of hydrogen-bond donors (Lipinski definition) is 1. The Morgan fingerprint density at radius 2 is 2.14 bits per heavy atom. The van der Waals surface area contributed by atoms with Crippen molar-refractivity contribution in [1.82, 2.24) is 5.32 Å². The van der Waals surface area contributed by atoms with E-state index in [-0.39, 0.29) is 11.7 Å². The minimum atomic E-state index is -0.529. The number of hydrogen-bond acceptors (Lipinski definition) is 3. The lowest BCUT2D eigenvalue weighted by Gasteiger charge is -2.18. The van der Waals surface area contributed by atoms with Crippen LogP contribution in [0.1, 0.15) is 61.9 Å². The monoisotopic (exact) mass is 303 g/mol. The molecule has 0 radical (unpaired) electrons. The molecule has 22 heavy (non-hydrogen) atoms. The van der Waals surface area contributed by atoms with Crippen molar-refractivity contribution in [2.75, 3.05) is 6.54 Å². The Morgan fingerprint density at radius 3 is 2.91 bits per heavy atom. The lowest BCUT2D eigenvalue weighted by molar-refractivity contribution is -0.127. The van der Waals surface area contributed by atoms with Gasteiger partial charge >= 0.3 is 0 Å². The van der Waals surface area contributed by atoms with Crippen molar-refractivity contribution >= 4 is 11.7 Å². The third-order valence-electron chi connectivity index (χ3n) is 3.99. The number of unbranched alkanes of at least 4 members (excludes halogenated alkanes) is 2. The third kappa shape index (κ3) is 4.33. The fourth-order valence-corrected chi connectivity index (χ4v) is 2.68. The minimum Gasteiger partial charge on any atom is -0.481 e. The van der Waals surface area contributed by atoms with Crippen LogP contribution in [0.4, 0.5) is 0 Å². The Hall–Kier alpha value is -1.84. The van der Waals surface area contributed by atoms with Gasteiger partial charge in [0.15, 0.2) is 11.9 Å². The highest BCUT2D eigenvalue weighted by Crippen LogP contribution is 2.25. The molecule has 1 atom stereocenters. The molecule has 0 aromatic heterocycles. The second-order valence-electron chi connectivity index (χ2n) is 5.85. The zero-order valence-electron chi connectivity index (χ0n) is 13.5. The van der Waals surface area contributed by atoms with E-state index in [0.29, 0.717) is 18.7 Å². The van der Waals surface area contributed by atoms with Crippen LogP contribution in [-0.4, -0.2) is 24.3 Å². The predicted molar refractivity (Wildman–Crippen MR) is 86.3 cm³/mol. The van der Waals surface area contributed by atoms with E-state index >= 15 is 0 Å². The van der Waals surface area contributed by atoms with Gasteiger partial charge in [-0.3, -0.25) is 9.59 Å². The van der Waals surface area contributed by atoms with Crippen LogP contribution in [0.5, 0.6) is 5.75 Å². The molecule has 1 aromatic carbocycles. The lowest BCUT2D eigenvalue weighted by Crippen LogP contribution is -2.36. The number of carbonyl (C=O) groups is 2. The number of rotatable bonds is 7. The first kappa shape index (κ1) is 16.5. The number of Topliss-reactive ketones (excluding diaryl/α,β-unsaturated/α-hetero) is 1. The summed E-state index contributed by atoms with van der Waals surface area (Å²) in [4.78, 5) is 23.8. The Morgan fingerprint density at radius 1 is 1.32 bits per heavy atom. The maximum absolute atomic E-state index is 12.0. The Labute approximate surface area is 132 Å². The van der Waals surface area contributed by atoms with Gasteiger partial charge < -0.3 is 10.1 Å². The summed E-state index contributed by atoms with van der Waals surface area (Å²) in [7, 11) is 0. The van der Waals surface area contributed by atoms with Gasteiger partial charge in [0.25, 0.3) is 5.91 Å². The average Bonchev–Trinajstić information content (AvgIpc) is 2.51. The maximum atomic E-state index is 12.0. The van der Waals surface area contributed by atoms with Crippen LogP contribution >= 0.6 is 0 Å². The molecule has 1 aromatic rings. The Balaban J connectivity index is 1.90. The van der Waals surface area contributed by atoms with Crippen LogP contribution in [0, 0.1) is 0 Å². The summed E-state index contributed by atoms with van der Waals surface area (Å²) in [6.45, 7) is 4.58. The summed E-state index contributed by atoms with van der Waals surface area (Å²) in [6.07, 6.45) is 5.14. The molecular weight excluding hydrogens is 278 g/mol. The molecule has 1 N–H and O–H groups in total. The van der Waals surface area contributed by atoms with Gasteiger partial charge in [-0.05, 0) is 49.9 Å². The Kier molecular flexibility index (Phi) is 5.99. The molecule has 0 heterocycles. The smallest absolute Gasteiger partial charge is 0.260 e. The van der Waals surface area contributed by atoms with Crippen LogP contribution in [0.3, 0.4) is 0 Å². The molecular formula is C18H25NO3. The number of benzene rings is 1. The predicted octanol–water partition coefficient (Wildman–Crippen LogP) is 3.28. The molecule has 1 amide bonds. The largest absolute Gasteiger partial charge is 0.481 e. The van der Waals surface area contributed by atoms with Gasteiger partial charge in [-0.1, -0.05) is 19.8 Å². The molecule has 4 nitrogen and oxygen atoms in total. The highest BCUT2D eigenvalue weighted by atomic mass is 16.5. The quantitative estimate of drug-likeness (QED) is 0.786. The number of nitrogens with one attached hydrogen (secondary N) is 1. The molecule has 1 unspecified atom stereocenters. The highest BCUT2D eigenvalue weighted by molar-refractivity contribution is 5.98. The second-order valence-corrected chi connectivity index (χ2v) is 5.85. The van der Waals surface area contributed by atoms with Crippen molar-refractivity contribution in [3.8, 4) is 5.75 Å². The van der Waals surface area contributed by atoms with Crippen molar-refractivity contribution in [3.63, 3.8) is 0 Å². The fraction of sp³-hybridized carbons (Fsp3) is 0.556. The van der Waals surface area contributed by atoms with Crippen LogP contribution in [0.15, 0.2) is 18.2 Å². The van der Waals surface area contributed by atoms with Crippen molar-refractivity contribution in [1.29, 1.82) is 0 Å². The van der Waals surface area contributed by atoms with E-state index in [1.807, 2.05) is 12.1 Å². The first-order valence-corrected chi connectivity index (χ1v) is 8.22. The maximum Gasteiger partial charge on any atom is 0.260 e. The van der Waals surface area contributed by atoms with Crippen molar-refractivity contribution in [2.24, 2.45) is 0 Å². The van der Waals surface area contributed by atoms with Gasteiger partial charge in [-0.25, -0.2) is 0 Å². The van der Waals surface area contributed by atoms with E-state index in [1.165, 1.54) is 0 Å². The summed E-state index contributed by atoms with van der Waals surface area (Å²) in [5.74, 6) is 0.768. The zero-order chi connectivity index (χ0) is 15.9. The molecule has 0 aliphatic heterocycles. The van der Waals surface area contributed by atoms with Gasteiger partial charge in [0, 0.05) is 18.5 Å². The second kappa shape index (κ2) is 7.97. The first-order valence-electron chi connectivity index (χ1n) is 8.22. The summed E-state index contributed by atoms with van der Waals surface area (Å²) in [6, 6.07) is 5.49. The molecule has 0 bridgehead atoms. The molecule has 1 aliphatic rings. The zero-order valence-corrected chi connectivity index (χ0v) is 13.5. The van der Waals surface area contributed by atoms with Crippen molar-refractivity contribution in [2.45, 2.75) is 58.5 Å². The van der Waals surface area contributed by atoms with Crippen LogP contribution in [0.2, 0.25) is 0 Å². The van der Waals surface area contributed by atoms with Gasteiger partial charge in [-0.2, -0.15) is 0 Å².